The Bertz CT molecular complexity index is 1130. The molecule has 5 nitrogen and oxygen atoms in total. The lowest BCUT2D eigenvalue weighted by Gasteiger charge is -2.09. The SMILES string of the molecule is Cc1nn(-c2ccccc2)c(Cl)c1CSc1nnc(C2CC2)n1-c1ccccc1. The molecule has 0 unspecified atom stereocenters. The predicted molar refractivity (Wildman–Crippen MR) is 116 cm³/mol. The van der Waals surface area contributed by atoms with E-state index in [4.69, 9.17) is 11.6 Å². The molecule has 2 aromatic heterocycles. The van der Waals surface area contributed by atoms with E-state index in [9.17, 15) is 0 Å². The van der Waals surface area contributed by atoms with Crippen LogP contribution in [0.25, 0.3) is 11.4 Å². The Morgan fingerprint density at radius 3 is 2.28 bits per heavy atom. The molecule has 0 spiro atoms. The number of benzene rings is 2. The maximum Gasteiger partial charge on any atom is 0.196 e. The van der Waals surface area contributed by atoms with Crippen molar-refractivity contribution in [2.24, 2.45) is 0 Å². The van der Waals surface area contributed by atoms with Crippen molar-refractivity contribution in [3.05, 3.63) is 82.9 Å². The first-order chi connectivity index (χ1) is 14.2. The summed E-state index contributed by atoms with van der Waals surface area (Å²) in [5, 5.41) is 15.2. The Balaban J connectivity index is 1.45. The van der Waals surface area contributed by atoms with Gasteiger partial charge < -0.3 is 0 Å². The molecular formula is C22H20ClN5S. The average Bonchev–Trinajstić information content (AvgIpc) is 3.46. The third-order valence-corrected chi connectivity index (χ3v) is 6.43. The van der Waals surface area contributed by atoms with Gasteiger partial charge in [-0.2, -0.15) is 5.10 Å². The summed E-state index contributed by atoms with van der Waals surface area (Å²) in [5.41, 5.74) is 4.01. The highest BCUT2D eigenvalue weighted by molar-refractivity contribution is 7.98. The zero-order chi connectivity index (χ0) is 19.8. The third-order valence-electron chi connectivity index (χ3n) is 5.08. The summed E-state index contributed by atoms with van der Waals surface area (Å²) < 4.78 is 3.98. The van der Waals surface area contributed by atoms with E-state index in [-0.39, 0.29) is 0 Å². The van der Waals surface area contributed by atoms with Crippen molar-refractivity contribution in [3.63, 3.8) is 0 Å². The molecule has 2 aromatic carbocycles. The fraction of sp³-hybridized carbons (Fsp3) is 0.227. The Kier molecular flexibility index (Phi) is 4.89. The number of aromatic nitrogens is 5. The van der Waals surface area contributed by atoms with Crippen molar-refractivity contribution in [3.8, 4) is 11.4 Å². The largest absolute Gasteiger partial charge is 0.274 e. The van der Waals surface area contributed by atoms with Crippen LogP contribution in [0.3, 0.4) is 0 Å². The van der Waals surface area contributed by atoms with Crippen molar-refractivity contribution >= 4 is 23.4 Å². The number of hydrogen-bond acceptors (Lipinski definition) is 4. The first kappa shape index (κ1) is 18.5. The van der Waals surface area contributed by atoms with Crippen molar-refractivity contribution in [2.75, 3.05) is 0 Å². The molecule has 0 aliphatic heterocycles. The molecular weight excluding hydrogens is 402 g/mol. The molecule has 1 aliphatic rings. The summed E-state index contributed by atoms with van der Waals surface area (Å²) in [4.78, 5) is 0. The van der Waals surface area contributed by atoms with Crippen LogP contribution in [0.4, 0.5) is 0 Å². The van der Waals surface area contributed by atoms with E-state index in [1.54, 1.807) is 16.4 Å². The van der Waals surface area contributed by atoms with E-state index in [0.717, 1.165) is 33.6 Å². The van der Waals surface area contributed by atoms with Crippen LogP contribution < -0.4 is 0 Å². The van der Waals surface area contributed by atoms with Crippen LogP contribution >= 0.6 is 23.4 Å². The molecule has 1 saturated carbocycles. The van der Waals surface area contributed by atoms with E-state index in [0.29, 0.717) is 16.8 Å². The minimum absolute atomic E-state index is 0.517. The van der Waals surface area contributed by atoms with Crippen LogP contribution in [-0.4, -0.2) is 24.5 Å². The van der Waals surface area contributed by atoms with Crippen LogP contribution in [-0.2, 0) is 5.75 Å². The minimum Gasteiger partial charge on any atom is -0.274 e. The highest BCUT2D eigenvalue weighted by atomic mass is 35.5. The molecule has 7 heteroatoms. The van der Waals surface area contributed by atoms with Crippen molar-refractivity contribution in [1.82, 2.24) is 24.5 Å². The summed E-state index contributed by atoms with van der Waals surface area (Å²) in [6, 6.07) is 20.3. The van der Waals surface area contributed by atoms with Gasteiger partial charge in [0.25, 0.3) is 0 Å². The second-order valence-corrected chi connectivity index (χ2v) is 8.48. The summed E-state index contributed by atoms with van der Waals surface area (Å²) >= 11 is 8.35. The summed E-state index contributed by atoms with van der Waals surface area (Å²) in [6.45, 7) is 2.00. The second kappa shape index (κ2) is 7.69. The molecule has 5 rings (SSSR count). The van der Waals surface area contributed by atoms with Crippen LogP contribution in [0.2, 0.25) is 5.15 Å². The van der Waals surface area contributed by atoms with Gasteiger partial charge in [0.2, 0.25) is 0 Å². The molecule has 146 valence electrons. The van der Waals surface area contributed by atoms with Gasteiger partial charge in [-0.1, -0.05) is 59.8 Å². The lowest BCUT2D eigenvalue weighted by molar-refractivity contribution is 0.829. The van der Waals surface area contributed by atoms with Gasteiger partial charge in [0.15, 0.2) is 5.16 Å². The van der Waals surface area contributed by atoms with Crippen LogP contribution in [0.15, 0.2) is 65.8 Å². The number of aryl methyl sites for hydroxylation is 1. The third kappa shape index (κ3) is 3.58. The van der Waals surface area contributed by atoms with Crippen LogP contribution in [0.1, 0.15) is 35.8 Å². The monoisotopic (exact) mass is 421 g/mol. The molecule has 0 radical (unpaired) electrons. The lowest BCUT2D eigenvalue weighted by Crippen LogP contribution is -2.01. The van der Waals surface area contributed by atoms with Gasteiger partial charge in [0.05, 0.1) is 11.4 Å². The average molecular weight is 422 g/mol. The highest BCUT2D eigenvalue weighted by Crippen LogP contribution is 2.41. The molecule has 0 amide bonds. The Labute approximate surface area is 178 Å². The normalized spacial score (nSPS) is 13.7. The van der Waals surface area contributed by atoms with Gasteiger partial charge in [-0.3, -0.25) is 4.57 Å². The standard InChI is InChI=1S/C22H20ClN5S/c1-15-19(20(23)28(26-15)18-10-6-3-7-11-18)14-29-22-25-24-21(16-12-13-16)27(22)17-8-4-2-5-9-17/h2-11,16H,12-14H2,1H3. The van der Waals surface area contributed by atoms with E-state index >= 15 is 0 Å². The maximum absolute atomic E-state index is 6.70. The number of hydrogen-bond donors (Lipinski definition) is 0. The van der Waals surface area contributed by atoms with E-state index in [1.807, 2.05) is 55.5 Å². The van der Waals surface area contributed by atoms with Gasteiger partial charge in [-0.05, 0) is 44.0 Å². The van der Waals surface area contributed by atoms with Gasteiger partial charge in [-0.25, -0.2) is 4.68 Å². The Morgan fingerprint density at radius 1 is 0.966 bits per heavy atom. The number of halogens is 1. The van der Waals surface area contributed by atoms with Crippen molar-refractivity contribution in [2.45, 2.75) is 36.6 Å². The van der Waals surface area contributed by atoms with Crippen molar-refractivity contribution in [1.29, 1.82) is 0 Å². The molecule has 1 aliphatic carbocycles. The summed E-state index contributed by atoms with van der Waals surface area (Å²) in [6.07, 6.45) is 2.37. The molecule has 1 fully saturated rings. The van der Waals surface area contributed by atoms with Crippen LogP contribution in [0.5, 0.6) is 0 Å². The number of para-hydroxylation sites is 2. The number of nitrogens with zero attached hydrogens (tertiary/aromatic N) is 5. The van der Waals surface area contributed by atoms with Gasteiger partial charge in [-0.15, -0.1) is 10.2 Å². The van der Waals surface area contributed by atoms with Crippen LogP contribution in [0, 0.1) is 6.92 Å². The zero-order valence-corrected chi connectivity index (χ0v) is 17.6. The molecule has 4 aromatic rings. The fourth-order valence-corrected chi connectivity index (χ4v) is 4.84. The first-order valence-corrected chi connectivity index (χ1v) is 11.0. The Hall–Kier alpha value is -2.57. The summed E-state index contributed by atoms with van der Waals surface area (Å²) in [5.74, 6) is 2.26. The number of thioether (sulfide) groups is 1. The molecule has 29 heavy (non-hydrogen) atoms. The van der Waals surface area contributed by atoms with E-state index in [2.05, 4.69) is 32.0 Å². The highest BCUT2D eigenvalue weighted by Gasteiger charge is 2.31. The quantitative estimate of drug-likeness (QED) is 0.381. The Morgan fingerprint density at radius 2 is 1.62 bits per heavy atom. The van der Waals surface area contributed by atoms with Gasteiger partial charge >= 0.3 is 0 Å². The molecule has 0 bridgehead atoms. The molecule has 0 N–H and O–H groups in total. The first-order valence-electron chi connectivity index (χ1n) is 9.65. The van der Waals surface area contributed by atoms with Crippen molar-refractivity contribution < 1.29 is 0 Å². The number of rotatable bonds is 6. The molecule has 2 heterocycles. The molecule has 0 atom stereocenters. The second-order valence-electron chi connectivity index (χ2n) is 7.18. The van der Waals surface area contributed by atoms with E-state index in [1.165, 1.54) is 12.8 Å². The molecule has 0 saturated heterocycles. The maximum atomic E-state index is 6.70. The fourth-order valence-electron chi connectivity index (χ4n) is 3.37. The van der Waals surface area contributed by atoms with Gasteiger partial charge in [0, 0.05) is 22.9 Å². The van der Waals surface area contributed by atoms with Gasteiger partial charge in [0.1, 0.15) is 11.0 Å². The smallest absolute Gasteiger partial charge is 0.196 e. The van der Waals surface area contributed by atoms with E-state index < -0.39 is 0 Å². The topological polar surface area (TPSA) is 48.5 Å². The summed E-state index contributed by atoms with van der Waals surface area (Å²) in [7, 11) is 0. The zero-order valence-electron chi connectivity index (χ0n) is 16.0. The minimum atomic E-state index is 0.517. The lowest BCUT2D eigenvalue weighted by atomic mass is 10.3. The predicted octanol–water partition coefficient (Wildman–Crippen LogP) is 5.58.